The number of rotatable bonds is 7. The van der Waals surface area contributed by atoms with Crippen LogP contribution in [-0.2, 0) is 19.5 Å². The Morgan fingerprint density at radius 1 is 1.53 bits per heavy atom. The van der Waals surface area contributed by atoms with E-state index in [1.165, 1.54) is 5.69 Å². The number of hydrogen-bond donors (Lipinski definition) is 1. The van der Waals surface area contributed by atoms with Crippen LogP contribution in [0.3, 0.4) is 0 Å². The van der Waals surface area contributed by atoms with Crippen molar-refractivity contribution in [2.24, 2.45) is 5.73 Å². The summed E-state index contributed by atoms with van der Waals surface area (Å²) in [6.07, 6.45) is 1.68. The zero-order chi connectivity index (χ0) is 14.6. The van der Waals surface area contributed by atoms with Gasteiger partial charge in [0.25, 0.3) is 0 Å². The normalized spacial score (nSPS) is 12.9. The van der Waals surface area contributed by atoms with Crippen molar-refractivity contribution in [1.29, 1.82) is 0 Å². The van der Waals surface area contributed by atoms with E-state index in [1.54, 1.807) is 0 Å². The van der Waals surface area contributed by atoms with E-state index in [0.29, 0.717) is 11.0 Å². The van der Waals surface area contributed by atoms with Gasteiger partial charge in [-0.15, -0.1) is 0 Å². The highest BCUT2D eigenvalue weighted by Crippen LogP contribution is 2.24. The first kappa shape index (κ1) is 16.6. The van der Waals surface area contributed by atoms with E-state index < -0.39 is 0 Å². The molecule has 108 valence electrons. The molecule has 0 aliphatic carbocycles. The molecule has 0 aliphatic rings. The maximum atomic E-state index is 5.61. The van der Waals surface area contributed by atoms with Crippen molar-refractivity contribution >= 4 is 33.1 Å². The molecule has 4 nitrogen and oxygen atoms in total. The summed E-state index contributed by atoms with van der Waals surface area (Å²) >= 11 is 8.65. The number of nitrogens with two attached hydrogens (primary N) is 1. The van der Waals surface area contributed by atoms with Crippen LogP contribution in [-0.4, -0.2) is 32.8 Å². The first-order valence-electron chi connectivity index (χ1n) is 6.63. The van der Waals surface area contributed by atoms with E-state index in [4.69, 9.17) is 18.0 Å². The van der Waals surface area contributed by atoms with Crippen molar-refractivity contribution < 1.29 is 0 Å². The van der Waals surface area contributed by atoms with Crippen molar-refractivity contribution in [2.45, 2.75) is 52.7 Å². The molecule has 1 unspecified atom stereocenters. The molecule has 1 aromatic rings. The minimum atomic E-state index is 0.328. The Balaban J connectivity index is 2.86. The smallest absolute Gasteiger partial charge is 0.0767 e. The second-order valence-corrected chi connectivity index (χ2v) is 6.13. The van der Waals surface area contributed by atoms with Gasteiger partial charge in [0.05, 0.1) is 20.8 Å². The van der Waals surface area contributed by atoms with Crippen LogP contribution in [0.25, 0.3) is 0 Å². The molecular formula is C13H23BrN4S. The molecule has 2 N–H and O–H groups in total. The van der Waals surface area contributed by atoms with E-state index in [1.807, 2.05) is 0 Å². The van der Waals surface area contributed by atoms with Crippen LogP contribution >= 0.6 is 28.1 Å². The van der Waals surface area contributed by atoms with Crippen LogP contribution in [0.5, 0.6) is 0 Å². The van der Waals surface area contributed by atoms with E-state index in [2.05, 4.69) is 58.4 Å². The summed E-state index contributed by atoms with van der Waals surface area (Å²) < 4.78 is 3.19. The summed E-state index contributed by atoms with van der Waals surface area (Å²) in [6, 6.07) is 0.328. The highest BCUT2D eigenvalue weighted by atomic mass is 79.9. The van der Waals surface area contributed by atoms with Crippen LogP contribution in [0.4, 0.5) is 0 Å². The maximum absolute atomic E-state index is 5.61. The molecule has 1 heterocycles. The van der Waals surface area contributed by atoms with Gasteiger partial charge < -0.3 is 5.73 Å². The molecule has 0 spiro atoms. The van der Waals surface area contributed by atoms with Crippen LogP contribution in [0, 0.1) is 0 Å². The van der Waals surface area contributed by atoms with E-state index in [9.17, 15) is 0 Å². The van der Waals surface area contributed by atoms with Crippen molar-refractivity contribution in [3.63, 3.8) is 0 Å². The molecule has 1 aromatic heterocycles. The summed E-state index contributed by atoms with van der Waals surface area (Å²) in [5.41, 5.74) is 7.95. The topological polar surface area (TPSA) is 47.1 Å². The summed E-state index contributed by atoms with van der Waals surface area (Å²) in [5, 5.41) is 4.61. The molecule has 0 aromatic carbocycles. The number of halogens is 1. The molecule has 1 atom stereocenters. The van der Waals surface area contributed by atoms with Crippen LogP contribution in [0.1, 0.15) is 38.6 Å². The van der Waals surface area contributed by atoms with Crippen molar-refractivity contribution in [3.8, 4) is 0 Å². The molecule has 19 heavy (non-hydrogen) atoms. The Bertz CT molecular complexity index is 444. The number of nitrogens with zero attached hydrogens (tertiary/aromatic N) is 3. The van der Waals surface area contributed by atoms with Crippen LogP contribution in [0.15, 0.2) is 4.47 Å². The monoisotopic (exact) mass is 346 g/mol. The predicted molar refractivity (Wildman–Crippen MR) is 87.3 cm³/mol. The zero-order valence-corrected chi connectivity index (χ0v) is 14.5. The van der Waals surface area contributed by atoms with Gasteiger partial charge in [0.2, 0.25) is 0 Å². The van der Waals surface area contributed by atoms with Gasteiger partial charge in [-0.25, -0.2) is 0 Å². The maximum Gasteiger partial charge on any atom is 0.0767 e. The van der Waals surface area contributed by atoms with Gasteiger partial charge >= 0.3 is 0 Å². The third-order valence-electron chi connectivity index (χ3n) is 3.34. The van der Waals surface area contributed by atoms with Crippen molar-refractivity contribution in [3.05, 3.63) is 15.9 Å². The number of hydrogen-bond acceptors (Lipinski definition) is 3. The molecule has 0 bridgehead atoms. The predicted octanol–water partition coefficient (Wildman–Crippen LogP) is 2.72. The minimum Gasteiger partial charge on any atom is -0.393 e. The Morgan fingerprint density at radius 2 is 2.16 bits per heavy atom. The summed E-state index contributed by atoms with van der Waals surface area (Å²) in [4.78, 5) is 2.82. The molecule has 0 radical (unpaired) electrons. The van der Waals surface area contributed by atoms with Crippen LogP contribution in [0.2, 0.25) is 0 Å². The lowest BCUT2D eigenvalue weighted by Crippen LogP contribution is -2.32. The SMILES string of the molecule is CCc1nn(CC)c(CN(C)C(C)CC(N)=S)c1Br. The first-order chi connectivity index (χ1) is 8.90. The average Bonchev–Trinajstić information content (AvgIpc) is 2.65. The number of thiocarbonyl (C=S) groups is 1. The highest BCUT2D eigenvalue weighted by molar-refractivity contribution is 9.10. The Labute approximate surface area is 129 Å². The molecule has 0 fully saturated rings. The summed E-state index contributed by atoms with van der Waals surface area (Å²) in [6.45, 7) is 8.09. The van der Waals surface area contributed by atoms with Gasteiger partial charge in [0.15, 0.2) is 0 Å². The molecule has 0 saturated heterocycles. The standard InChI is InChI=1S/C13H23BrN4S/c1-5-10-13(14)11(18(6-2)16-10)8-17(4)9(3)7-12(15)19/h9H,5-8H2,1-4H3,(H2,15,19). The molecule has 0 saturated carbocycles. The van der Waals surface area contributed by atoms with Gasteiger partial charge in [-0.1, -0.05) is 19.1 Å². The fraction of sp³-hybridized carbons (Fsp3) is 0.692. The Kier molecular flexibility index (Phi) is 6.42. The molecular weight excluding hydrogens is 324 g/mol. The van der Waals surface area contributed by atoms with Gasteiger partial charge in [-0.05, 0) is 43.2 Å². The van der Waals surface area contributed by atoms with Gasteiger partial charge in [-0.2, -0.15) is 5.10 Å². The van der Waals surface area contributed by atoms with Crippen molar-refractivity contribution in [1.82, 2.24) is 14.7 Å². The molecule has 0 amide bonds. The summed E-state index contributed by atoms with van der Waals surface area (Å²) in [5.74, 6) is 0. The number of aryl methyl sites for hydroxylation is 2. The van der Waals surface area contributed by atoms with E-state index in [0.717, 1.165) is 36.1 Å². The lowest BCUT2D eigenvalue weighted by Gasteiger charge is -2.24. The lowest BCUT2D eigenvalue weighted by molar-refractivity contribution is 0.247. The average molecular weight is 347 g/mol. The quantitative estimate of drug-likeness (QED) is 0.771. The third kappa shape index (κ3) is 4.26. The van der Waals surface area contributed by atoms with E-state index in [-0.39, 0.29) is 0 Å². The van der Waals surface area contributed by atoms with Gasteiger partial charge in [-0.3, -0.25) is 9.58 Å². The summed E-state index contributed by atoms with van der Waals surface area (Å²) in [7, 11) is 2.09. The van der Waals surface area contributed by atoms with Gasteiger partial charge in [0, 0.05) is 25.6 Å². The lowest BCUT2D eigenvalue weighted by atomic mass is 10.2. The third-order valence-corrected chi connectivity index (χ3v) is 4.42. The Hall–Kier alpha value is -0.460. The minimum absolute atomic E-state index is 0.328. The molecule has 6 heteroatoms. The molecule has 1 rings (SSSR count). The second kappa shape index (κ2) is 7.36. The first-order valence-corrected chi connectivity index (χ1v) is 7.83. The fourth-order valence-electron chi connectivity index (χ4n) is 2.01. The second-order valence-electron chi connectivity index (χ2n) is 4.81. The van der Waals surface area contributed by atoms with Gasteiger partial charge in [0.1, 0.15) is 0 Å². The fourth-order valence-corrected chi connectivity index (χ4v) is 2.94. The Morgan fingerprint density at radius 3 is 2.63 bits per heavy atom. The highest BCUT2D eigenvalue weighted by Gasteiger charge is 2.18. The zero-order valence-electron chi connectivity index (χ0n) is 12.1. The molecule has 0 aliphatic heterocycles. The number of aromatic nitrogens is 2. The largest absolute Gasteiger partial charge is 0.393 e. The van der Waals surface area contributed by atoms with Crippen LogP contribution < -0.4 is 5.73 Å². The van der Waals surface area contributed by atoms with E-state index >= 15 is 0 Å². The van der Waals surface area contributed by atoms with Crippen molar-refractivity contribution in [2.75, 3.05) is 7.05 Å².